The summed E-state index contributed by atoms with van der Waals surface area (Å²) < 4.78 is 0. The van der Waals surface area contributed by atoms with Crippen molar-refractivity contribution in [3.8, 4) is 0 Å². The summed E-state index contributed by atoms with van der Waals surface area (Å²) in [7, 11) is 3.95. The van der Waals surface area contributed by atoms with Gasteiger partial charge in [-0.05, 0) is 59.7 Å². The second kappa shape index (κ2) is 6.23. The predicted octanol–water partition coefficient (Wildman–Crippen LogP) is 0.879. The molecule has 1 aliphatic carbocycles. The minimum Gasteiger partial charge on any atom is -0.480 e. The second-order valence-corrected chi connectivity index (χ2v) is 5.87. The van der Waals surface area contributed by atoms with Crippen molar-refractivity contribution in [2.24, 2.45) is 5.92 Å². The topological polar surface area (TPSA) is 81.7 Å². The highest BCUT2D eigenvalue weighted by Crippen LogP contribution is 2.39. The molecular weight excluding hydrogens is 246 g/mol. The molecule has 0 aliphatic heterocycles. The fourth-order valence-corrected chi connectivity index (χ4v) is 2.01. The molecule has 0 aromatic heterocycles. The van der Waals surface area contributed by atoms with Gasteiger partial charge < -0.3 is 20.6 Å². The lowest BCUT2D eigenvalue weighted by Crippen LogP contribution is -2.57. The summed E-state index contributed by atoms with van der Waals surface area (Å²) >= 11 is 0. The molecule has 2 atom stereocenters. The molecule has 0 aromatic carbocycles. The molecule has 1 rings (SSSR count). The summed E-state index contributed by atoms with van der Waals surface area (Å²) in [5.74, 6) is -0.918. The smallest absolute Gasteiger partial charge is 0.329 e. The summed E-state index contributed by atoms with van der Waals surface area (Å²) in [4.78, 5) is 25.2. The molecule has 19 heavy (non-hydrogen) atoms. The minimum atomic E-state index is -1.15. The van der Waals surface area contributed by atoms with Crippen LogP contribution in [0, 0.1) is 5.92 Å². The maximum Gasteiger partial charge on any atom is 0.329 e. The van der Waals surface area contributed by atoms with E-state index in [1.54, 1.807) is 6.92 Å². The number of hydrogen-bond acceptors (Lipinski definition) is 3. The Morgan fingerprint density at radius 1 is 1.42 bits per heavy atom. The Labute approximate surface area is 114 Å². The van der Waals surface area contributed by atoms with E-state index in [4.69, 9.17) is 0 Å². The van der Waals surface area contributed by atoms with Crippen LogP contribution >= 0.6 is 0 Å². The Balaban J connectivity index is 2.43. The highest BCUT2D eigenvalue weighted by atomic mass is 16.4. The Kier molecular flexibility index (Phi) is 5.17. The molecule has 0 heterocycles. The lowest BCUT2D eigenvalue weighted by molar-refractivity contribution is -0.144. The fourth-order valence-electron chi connectivity index (χ4n) is 2.01. The van der Waals surface area contributed by atoms with E-state index in [9.17, 15) is 14.7 Å². The molecule has 2 amide bonds. The molecule has 0 saturated heterocycles. The monoisotopic (exact) mass is 271 g/mol. The fraction of sp³-hybridized carbons (Fsp3) is 0.846. The third-order valence-corrected chi connectivity index (χ3v) is 3.60. The van der Waals surface area contributed by atoms with Crippen molar-refractivity contribution in [2.75, 3.05) is 20.6 Å². The molecule has 1 saturated carbocycles. The van der Waals surface area contributed by atoms with Gasteiger partial charge >= 0.3 is 12.0 Å². The molecule has 0 aromatic rings. The first kappa shape index (κ1) is 15.8. The largest absolute Gasteiger partial charge is 0.480 e. The van der Waals surface area contributed by atoms with Crippen LogP contribution in [-0.2, 0) is 4.79 Å². The third-order valence-electron chi connectivity index (χ3n) is 3.60. The second-order valence-electron chi connectivity index (χ2n) is 5.87. The standard InChI is InChI=1S/C13H25N3O3/c1-9(7-8-16(3)4)14-12(19)15-13(2,11(17)18)10-5-6-10/h9-10H,5-8H2,1-4H3,(H,17,18)(H2,14,15,19). The van der Waals surface area contributed by atoms with E-state index < -0.39 is 17.5 Å². The van der Waals surface area contributed by atoms with Gasteiger partial charge in [-0.1, -0.05) is 0 Å². The quantitative estimate of drug-likeness (QED) is 0.642. The number of carbonyl (C=O) groups is 2. The summed E-state index contributed by atoms with van der Waals surface area (Å²) in [6.45, 7) is 4.37. The molecule has 6 heteroatoms. The first-order valence-corrected chi connectivity index (χ1v) is 6.72. The van der Waals surface area contributed by atoms with Crippen molar-refractivity contribution in [3.05, 3.63) is 0 Å². The lowest BCUT2D eigenvalue weighted by atomic mass is 9.96. The van der Waals surface area contributed by atoms with Crippen LogP contribution in [0.15, 0.2) is 0 Å². The zero-order chi connectivity index (χ0) is 14.6. The Morgan fingerprint density at radius 2 is 2.00 bits per heavy atom. The number of aliphatic carboxylic acids is 1. The van der Waals surface area contributed by atoms with Crippen LogP contribution in [0.5, 0.6) is 0 Å². The van der Waals surface area contributed by atoms with Crippen molar-refractivity contribution >= 4 is 12.0 Å². The molecule has 2 unspecified atom stereocenters. The summed E-state index contributed by atoms with van der Waals surface area (Å²) in [5.41, 5.74) is -1.15. The molecule has 0 spiro atoms. The van der Waals surface area contributed by atoms with Gasteiger partial charge in [0, 0.05) is 6.04 Å². The Morgan fingerprint density at radius 3 is 2.42 bits per heavy atom. The average Bonchev–Trinajstić information content (AvgIpc) is 3.09. The van der Waals surface area contributed by atoms with Crippen LogP contribution in [-0.4, -0.2) is 54.2 Å². The van der Waals surface area contributed by atoms with E-state index in [2.05, 4.69) is 10.6 Å². The van der Waals surface area contributed by atoms with Crippen LogP contribution in [0.4, 0.5) is 4.79 Å². The summed E-state index contributed by atoms with van der Waals surface area (Å²) in [6, 6.07) is -0.386. The number of hydrogen-bond donors (Lipinski definition) is 3. The van der Waals surface area contributed by atoms with Gasteiger partial charge in [-0.15, -0.1) is 0 Å². The molecule has 6 nitrogen and oxygen atoms in total. The van der Waals surface area contributed by atoms with E-state index >= 15 is 0 Å². The van der Waals surface area contributed by atoms with Gasteiger partial charge in [0.15, 0.2) is 0 Å². The zero-order valence-electron chi connectivity index (χ0n) is 12.2. The van der Waals surface area contributed by atoms with Crippen molar-refractivity contribution in [1.82, 2.24) is 15.5 Å². The number of urea groups is 1. The van der Waals surface area contributed by atoms with Crippen LogP contribution in [0.2, 0.25) is 0 Å². The van der Waals surface area contributed by atoms with E-state index in [0.717, 1.165) is 25.8 Å². The Hall–Kier alpha value is -1.30. The third kappa shape index (κ3) is 4.70. The number of rotatable bonds is 7. The number of carboxylic acid groups (broad SMARTS) is 1. The van der Waals surface area contributed by atoms with Crippen molar-refractivity contribution in [2.45, 2.75) is 44.7 Å². The van der Waals surface area contributed by atoms with E-state index in [1.807, 2.05) is 25.9 Å². The maximum absolute atomic E-state index is 11.9. The minimum absolute atomic E-state index is 0.0136. The van der Waals surface area contributed by atoms with Crippen LogP contribution in [0.25, 0.3) is 0 Å². The number of carbonyl (C=O) groups excluding carboxylic acids is 1. The van der Waals surface area contributed by atoms with Crippen molar-refractivity contribution in [3.63, 3.8) is 0 Å². The van der Waals surface area contributed by atoms with Gasteiger partial charge in [0.1, 0.15) is 5.54 Å². The molecule has 3 N–H and O–H groups in total. The number of nitrogens with one attached hydrogen (secondary N) is 2. The number of amides is 2. The SMILES string of the molecule is CC(CCN(C)C)NC(=O)NC(C)(C(=O)O)C1CC1. The first-order chi connectivity index (χ1) is 8.75. The molecular formula is C13H25N3O3. The number of carboxylic acids is 1. The molecule has 1 aliphatic rings. The Bertz CT molecular complexity index is 342. The van der Waals surface area contributed by atoms with E-state index in [0.29, 0.717) is 0 Å². The van der Waals surface area contributed by atoms with Crippen LogP contribution < -0.4 is 10.6 Å². The molecule has 110 valence electrons. The molecule has 0 radical (unpaired) electrons. The van der Waals surface area contributed by atoms with Gasteiger partial charge in [0.05, 0.1) is 0 Å². The molecule has 0 bridgehead atoms. The summed E-state index contributed by atoms with van der Waals surface area (Å²) in [5, 5.41) is 14.7. The maximum atomic E-state index is 11.9. The first-order valence-electron chi connectivity index (χ1n) is 6.72. The summed E-state index contributed by atoms with van der Waals surface area (Å²) in [6.07, 6.45) is 2.55. The van der Waals surface area contributed by atoms with Crippen LogP contribution in [0.1, 0.15) is 33.1 Å². The van der Waals surface area contributed by atoms with Gasteiger partial charge in [0.25, 0.3) is 0 Å². The van der Waals surface area contributed by atoms with Gasteiger partial charge in [-0.2, -0.15) is 0 Å². The molecule has 1 fully saturated rings. The lowest BCUT2D eigenvalue weighted by Gasteiger charge is -2.27. The van der Waals surface area contributed by atoms with Crippen LogP contribution in [0.3, 0.4) is 0 Å². The normalized spacial score (nSPS) is 19.6. The highest BCUT2D eigenvalue weighted by Gasteiger charge is 2.48. The average molecular weight is 271 g/mol. The van der Waals surface area contributed by atoms with Crippen molar-refractivity contribution < 1.29 is 14.7 Å². The van der Waals surface area contributed by atoms with Gasteiger partial charge in [-0.3, -0.25) is 0 Å². The highest BCUT2D eigenvalue weighted by molar-refractivity contribution is 5.86. The van der Waals surface area contributed by atoms with Gasteiger partial charge in [0.2, 0.25) is 0 Å². The van der Waals surface area contributed by atoms with E-state index in [-0.39, 0.29) is 12.0 Å². The van der Waals surface area contributed by atoms with E-state index in [1.165, 1.54) is 0 Å². The predicted molar refractivity (Wildman–Crippen MR) is 73.1 cm³/mol. The number of nitrogens with zero attached hydrogens (tertiary/aromatic N) is 1. The van der Waals surface area contributed by atoms with Crippen molar-refractivity contribution in [1.29, 1.82) is 0 Å². The van der Waals surface area contributed by atoms with Gasteiger partial charge in [-0.25, -0.2) is 9.59 Å². The zero-order valence-corrected chi connectivity index (χ0v) is 12.2.